The van der Waals surface area contributed by atoms with Crippen LogP contribution in [-0.4, -0.2) is 22.6 Å². The van der Waals surface area contributed by atoms with Crippen molar-refractivity contribution >= 4 is 21.8 Å². The molecule has 1 aromatic heterocycles. The van der Waals surface area contributed by atoms with Gasteiger partial charge in [0.25, 0.3) is 5.91 Å². The predicted octanol–water partition coefficient (Wildman–Crippen LogP) is 3.09. The van der Waals surface area contributed by atoms with Crippen LogP contribution in [0.3, 0.4) is 0 Å². The molecule has 0 saturated carbocycles. The van der Waals surface area contributed by atoms with Crippen molar-refractivity contribution in [2.45, 2.75) is 13.8 Å². The van der Waals surface area contributed by atoms with Crippen LogP contribution in [-0.2, 0) is 0 Å². The third-order valence-corrected chi connectivity index (χ3v) is 3.05. The van der Waals surface area contributed by atoms with Crippen molar-refractivity contribution in [3.8, 4) is 11.6 Å². The van der Waals surface area contributed by atoms with Crippen LogP contribution in [0.25, 0.3) is 0 Å². The van der Waals surface area contributed by atoms with Gasteiger partial charge in [-0.3, -0.25) is 4.79 Å². The lowest BCUT2D eigenvalue weighted by molar-refractivity contribution is 0.0949. The molecule has 0 radical (unpaired) electrons. The number of amides is 1. The van der Waals surface area contributed by atoms with E-state index in [-0.39, 0.29) is 11.6 Å². The summed E-state index contributed by atoms with van der Waals surface area (Å²) in [6, 6.07) is 8.89. The fourth-order valence-corrected chi connectivity index (χ4v) is 2.06. The minimum atomic E-state index is -0.244. The Bertz CT molecular complexity index is 614. The Morgan fingerprint density at radius 2 is 2.10 bits per heavy atom. The molecule has 104 valence electrons. The van der Waals surface area contributed by atoms with Gasteiger partial charge in [-0.15, -0.1) is 10.2 Å². The Morgan fingerprint density at radius 1 is 1.30 bits per heavy atom. The first-order chi connectivity index (χ1) is 9.60. The number of aromatic nitrogens is 2. The van der Waals surface area contributed by atoms with Crippen LogP contribution in [0.4, 0.5) is 0 Å². The maximum absolute atomic E-state index is 11.5. The van der Waals surface area contributed by atoms with Crippen molar-refractivity contribution in [3.63, 3.8) is 0 Å². The van der Waals surface area contributed by atoms with E-state index in [1.807, 2.05) is 32.0 Å². The van der Waals surface area contributed by atoms with E-state index < -0.39 is 0 Å². The lowest BCUT2D eigenvalue weighted by Gasteiger charge is -2.08. The van der Waals surface area contributed by atoms with Gasteiger partial charge in [-0.05, 0) is 43.7 Å². The molecule has 20 heavy (non-hydrogen) atoms. The van der Waals surface area contributed by atoms with Crippen LogP contribution in [0.2, 0.25) is 0 Å². The predicted molar refractivity (Wildman–Crippen MR) is 79.0 cm³/mol. The number of aryl methyl sites for hydroxylation is 1. The number of rotatable bonds is 4. The summed E-state index contributed by atoms with van der Waals surface area (Å²) in [5.74, 6) is 0.808. The fourth-order valence-electron chi connectivity index (χ4n) is 1.59. The van der Waals surface area contributed by atoms with Crippen LogP contribution < -0.4 is 10.1 Å². The second-order valence-corrected chi connectivity index (χ2v) is 5.04. The van der Waals surface area contributed by atoms with E-state index in [0.717, 1.165) is 10.0 Å². The first kappa shape index (κ1) is 14.5. The molecule has 2 aromatic rings. The summed E-state index contributed by atoms with van der Waals surface area (Å²) in [4.78, 5) is 11.5. The molecule has 0 atom stereocenters. The molecule has 0 aliphatic heterocycles. The molecular formula is C14H14BrN3O2. The van der Waals surface area contributed by atoms with E-state index in [9.17, 15) is 4.79 Å². The van der Waals surface area contributed by atoms with Crippen molar-refractivity contribution in [2.75, 3.05) is 6.54 Å². The highest BCUT2D eigenvalue weighted by Gasteiger charge is 2.08. The molecule has 0 fully saturated rings. The van der Waals surface area contributed by atoms with E-state index >= 15 is 0 Å². The smallest absolute Gasteiger partial charge is 0.271 e. The Kier molecular flexibility index (Phi) is 4.68. The maximum atomic E-state index is 11.5. The van der Waals surface area contributed by atoms with Gasteiger partial charge in [-0.1, -0.05) is 15.9 Å². The van der Waals surface area contributed by atoms with E-state index in [4.69, 9.17) is 4.74 Å². The largest absolute Gasteiger partial charge is 0.437 e. The molecular weight excluding hydrogens is 322 g/mol. The van der Waals surface area contributed by atoms with Gasteiger partial charge in [0.2, 0.25) is 5.88 Å². The second kappa shape index (κ2) is 6.47. The van der Waals surface area contributed by atoms with Gasteiger partial charge >= 0.3 is 0 Å². The first-order valence-corrected chi connectivity index (χ1v) is 6.95. The number of benzene rings is 1. The molecule has 0 bridgehead atoms. The van der Waals surface area contributed by atoms with Gasteiger partial charge in [-0.2, -0.15) is 0 Å². The average molecular weight is 336 g/mol. The van der Waals surface area contributed by atoms with Crippen LogP contribution in [0.1, 0.15) is 23.0 Å². The van der Waals surface area contributed by atoms with Crippen molar-refractivity contribution in [1.29, 1.82) is 0 Å². The topological polar surface area (TPSA) is 64.1 Å². The molecule has 1 N–H and O–H groups in total. The van der Waals surface area contributed by atoms with Gasteiger partial charge < -0.3 is 10.1 Å². The zero-order chi connectivity index (χ0) is 14.5. The summed E-state index contributed by atoms with van der Waals surface area (Å²) in [5.41, 5.74) is 1.25. The van der Waals surface area contributed by atoms with Crippen molar-refractivity contribution in [2.24, 2.45) is 0 Å². The maximum Gasteiger partial charge on any atom is 0.271 e. The first-order valence-electron chi connectivity index (χ1n) is 6.16. The number of hydrogen-bond donors (Lipinski definition) is 1. The fraction of sp³-hybridized carbons (Fsp3) is 0.214. The molecule has 0 saturated heterocycles. The lowest BCUT2D eigenvalue weighted by Crippen LogP contribution is -2.23. The third kappa shape index (κ3) is 3.54. The second-order valence-electron chi connectivity index (χ2n) is 4.13. The van der Waals surface area contributed by atoms with Crippen molar-refractivity contribution in [1.82, 2.24) is 15.5 Å². The normalized spacial score (nSPS) is 10.2. The Morgan fingerprint density at radius 3 is 2.70 bits per heavy atom. The number of carbonyl (C=O) groups excluding carboxylic acids is 1. The van der Waals surface area contributed by atoms with Gasteiger partial charge in [0.15, 0.2) is 5.69 Å². The van der Waals surface area contributed by atoms with E-state index in [0.29, 0.717) is 18.2 Å². The molecule has 1 amide bonds. The molecule has 6 heteroatoms. The van der Waals surface area contributed by atoms with Crippen LogP contribution in [0.5, 0.6) is 11.6 Å². The Labute approximate surface area is 125 Å². The van der Waals surface area contributed by atoms with Crippen molar-refractivity contribution < 1.29 is 9.53 Å². The molecule has 1 aromatic carbocycles. The molecule has 2 rings (SSSR count). The van der Waals surface area contributed by atoms with Crippen LogP contribution >= 0.6 is 15.9 Å². The van der Waals surface area contributed by atoms with E-state index in [1.165, 1.54) is 0 Å². The van der Waals surface area contributed by atoms with E-state index in [1.54, 1.807) is 12.1 Å². The number of carbonyl (C=O) groups is 1. The summed E-state index contributed by atoms with van der Waals surface area (Å²) in [5, 5.41) is 10.4. The van der Waals surface area contributed by atoms with Gasteiger partial charge in [0, 0.05) is 17.1 Å². The zero-order valence-electron chi connectivity index (χ0n) is 11.2. The summed E-state index contributed by atoms with van der Waals surface area (Å²) in [6.07, 6.45) is 0. The van der Waals surface area contributed by atoms with Gasteiger partial charge in [-0.25, -0.2) is 0 Å². The highest BCUT2D eigenvalue weighted by Crippen LogP contribution is 2.25. The zero-order valence-corrected chi connectivity index (χ0v) is 12.8. The Balaban J connectivity index is 2.12. The number of halogens is 1. The highest BCUT2D eigenvalue weighted by atomic mass is 79.9. The third-order valence-electron chi connectivity index (χ3n) is 2.56. The molecule has 0 aliphatic carbocycles. The van der Waals surface area contributed by atoms with Crippen LogP contribution in [0.15, 0.2) is 34.8 Å². The minimum absolute atomic E-state index is 0.244. The van der Waals surface area contributed by atoms with Gasteiger partial charge in [0.1, 0.15) is 5.75 Å². The SMILES string of the molecule is CCNC(=O)c1ccc(Oc2ccc(Br)cc2C)nn1. The Hall–Kier alpha value is -1.95. The quantitative estimate of drug-likeness (QED) is 0.932. The lowest BCUT2D eigenvalue weighted by atomic mass is 10.2. The minimum Gasteiger partial charge on any atom is -0.437 e. The number of nitrogens with zero attached hydrogens (tertiary/aromatic N) is 2. The molecule has 0 aliphatic rings. The summed E-state index contributed by atoms with van der Waals surface area (Å²) in [7, 11) is 0. The van der Waals surface area contributed by atoms with E-state index in [2.05, 4.69) is 31.4 Å². The number of nitrogens with one attached hydrogen (secondary N) is 1. The number of hydrogen-bond acceptors (Lipinski definition) is 4. The molecule has 5 nitrogen and oxygen atoms in total. The average Bonchev–Trinajstić information content (AvgIpc) is 2.43. The number of ether oxygens (including phenoxy) is 1. The van der Waals surface area contributed by atoms with Crippen LogP contribution in [0, 0.1) is 6.92 Å². The molecule has 0 spiro atoms. The summed E-state index contributed by atoms with van der Waals surface area (Å²) in [6.45, 7) is 4.34. The summed E-state index contributed by atoms with van der Waals surface area (Å²) < 4.78 is 6.62. The molecule has 0 unspecified atom stereocenters. The standard InChI is InChI=1S/C14H14BrN3O2/c1-3-16-14(19)11-5-7-13(18-17-11)20-12-6-4-10(15)8-9(12)2/h4-8H,3H2,1-2H3,(H,16,19). The van der Waals surface area contributed by atoms with Gasteiger partial charge in [0.05, 0.1) is 0 Å². The molecule has 1 heterocycles. The summed E-state index contributed by atoms with van der Waals surface area (Å²) >= 11 is 3.39. The highest BCUT2D eigenvalue weighted by molar-refractivity contribution is 9.10. The monoisotopic (exact) mass is 335 g/mol. The van der Waals surface area contributed by atoms with Crippen molar-refractivity contribution in [3.05, 3.63) is 46.1 Å².